The number of nitrogens with zero attached hydrogens (tertiary/aromatic N) is 3. The van der Waals surface area contributed by atoms with Crippen molar-refractivity contribution in [3.63, 3.8) is 0 Å². The van der Waals surface area contributed by atoms with Crippen LogP contribution in [0.4, 0.5) is 22.0 Å². The third kappa shape index (κ3) is 6.21. The minimum Gasteiger partial charge on any atom is -0.378 e. The van der Waals surface area contributed by atoms with Crippen LogP contribution in [0.2, 0.25) is 0 Å². The fourth-order valence-electron chi connectivity index (χ4n) is 3.18. The van der Waals surface area contributed by atoms with Crippen LogP contribution in [-0.2, 0) is 14.3 Å². The Morgan fingerprint density at radius 1 is 0.969 bits per heavy atom. The van der Waals surface area contributed by atoms with Crippen LogP contribution in [0.1, 0.15) is 5.56 Å². The van der Waals surface area contributed by atoms with Gasteiger partial charge in [-0.3, -0.25) is 0 Å². The Hall–Kier alpha value is -4.07. The largest absolute Gasteiger partial charge is 0.378 e. The summed E-state index contributed by atoms with van der Waals surface area (Å²) < 4.78 is 5.43. The number of hydrogen-bond donors (Lipinski definition) is 2. The van der Waals surface area contributed by atoms with Crippen molar-refractivity contribution in [2.75, 3.05) is 41.8 Å². The van der Waals surface area contributed by atoms with Gasteiger partial charge in [-0.15, -0.1) is 0 Å². The van der Waals surface area contributed by atoms with Gasteiger partial charge in [-0.05, 0) is 43.3 Å². The molecule has 2 heterocycles. The highest BCUT2D eigenvalue weighted by atomic mass is 16.5. The third-order valence-corrected chi connectivity index (χ3v) is 4.69. The molecule has 0 radical (unpaired) electrons. The van der Waals surface area contributed by atoms with Gasteiger partial charge in [-0.25, -0.2) is 14.8 Å². The summed E-state index contributed by atoms with van der Waals surface area (Å²) in [7, 11) is 0. The summed E-state index contributed by atoms with van der Waals surface area (Å²) in [5, 5.41) is 5.62. The van der Waals surface area contributed by atoms with Crippen molar-refractivity contribution in [3.8, 4) is 11.4 Å². The lowest BCUT2D eigenvalue weighted by molar-refractivity contribution is -0.191. The highest BCUT2D eigenvalue weighted by molar-refractivity contribution is 5.99. The second-order valence-corrected chi connectivity index (χ2v) is 6.91. The molecule has 9 heteroatoms. The number of ether oxygens (including phenoxy) is 1. The molecule has 9 nitrogen and oxygen atoms in total. The molecule has 4 rings (SSSR count). The number of carbonyl (C=O) groups excluding carboxylic acids is 3. The maximum Gasteiger partial charge on any atom is 0.373 e. The van der Waals surface area contributed by atoms with Crippen molar-refractivity contribution in [2.24, 2.45) is 0 Å². The number of rotatable bonds is 4. The summed E-state index contributed by atoms with van der Waals surface area (Å²) >= 11 is 0. The fraction of sp³-hybridized carbons (Fsp3) is 0.217. The van der Waals surface area contributed by atoms with Crippen LogP contribution in [0.25, 0.3) is 11.4 Å². The highest BCUT2D eigenvalue weighted by Crippen LogP contribution is 2.23. The number of amides is 2. The summed E-state index contributed by atoms with van der Waals surface area (Å²) in [6.45, 7) is 5.11. The lowest BCUT2D eigenvalue weighted by Gasteiger charge is -2.29. The van der Waals surface area contributed by atoms with Gasteiger partial charge in [0.2, 0.25) is 0 Å². The van der Waals surface area contributed by atoms with Gasteiger partial charge >= 0.3 is 12.2 Å². The summed E-state index contributed by atoms with van der Waals surface area (Å²) in [4.78, 5) is 39.9. The van der Waals surface area contributed by atoms with Crippen molar-refractivity contribution in [3.05, 3.63) is 66.4 Å². The molecule has 0 unspecified atom stereocenters. The van der Waals surface area contributed by atoms with Gasteiger partial charge in [0, 0.05) is 41.8 Å². The maximum absolute atomic E-state index is 12.1. The first-order valence-electron chi connectivity index (χ1n) is 10.00. The van der Waals surface area contributed by atoms with Crippen molar-refractivity contribution in [1.82, 2.24) is 9.97 Å². The van der Waals surface area contributed by atoms with Crippen LogP contribution in [0.15, 0.2) is 60.8 Å². The summed E-state index contributed by atoms with van der Waals surface area (Å²) in [5.74, 6) is 1.61. The molecule has 0 atom stereocenters. The number of morpholine rings is 1. The number of aromatic nitrogens is 2. The molecule has 2 amide bonds. The van der Waals surface area contributed by atoms with Crippen molar-refractivity contribution < 1.29 is 19.1 Å². The Labute approximate surface area is 185 Å². The normalized spacial score (nSPS) is 12.7. The van der Waals surface area contributed by atoms with Gasteiger partial charge in [0.25, 0.3) is 0 Å². The maximum atomic E-state index is 12.1. The summed E-state index contributed by atoms with van der Waals surface area (Å²) in [6, 6.07) is 16.5. The molecule has 1 saturated heterocycles. The first kappa shape index (κ1) is 22.6. The molecule has 2 N–H and O–H groups in total. The van der Waals surface area contributed by atoms with Gasteiger partial charge in [-0.2, -0.15) is 9.59 Å². The van der Waals surface area contributed by atoms with Crippen LogP contribution in [0.5, 0.6) is 0 Å². The average molecular weight is 433 g/mol. The Bertz CT molecular complexity index is 1060. The van der Waals surface area contributed by atoms with Gasteiger partial charge < -0.3 is 20.3 Å². The molecule has 1 aliphatic rings. The zero-order chi connectivity index (χ0) is 22.8. The number of carbonyl (C=O) groups is 1. The van der Waals surface area contributed by atoms with Gasteiger partial charge in [0.1, 0.15) is 5.82 Å². The van der Waals surface area contributed by atoms with Crippen molar-refractivity contribution in [2.45, 2.75) is 6.92 Å². The van der Waals surface area contributed by atoms with Crippen LogP contribution in [0, 0.1) is 6.92 Å². The third-order valence-electron chi connectivity index (χ3n) is 4.69. The molecule has 1 fully saturated rings. The van der Waals surface area contributed by atoms with Crippen LogP contribution in [-0.4, -0.2) is 48.5 Å². The molecule has 1 aromatic heterocycles. The minimum atomic E-state index is -0.287. The Balaban J connectivity index is 0.000000913. The number of aryl methyl sites for hydroxylation is 1. The first-order chi connectivity index (χ1) is 15.6. The van der Waals surface area contributed by atoms with E-state index in [0.717, 1.165) is 35.7 Å². The van der Waals surface area contributed by atoms with E-state index in [1.807, 2.05) is 67.7 Å². The first-order valence-corrected chi connectivity index (χ1v) is 10.00. The Morgan fingerprint density at radius 3 is 2.19 bits per heavy atom. The molecule has 1 aliphatic heterocycles. The molecule has 2 aromatic carbocycles. The molecule has 0 saturated carbocycles. The number of benzene rings is 2. The molecule has 3 aromatic rings. The van der Waals surface area contributed by atoms with E-state index in [4.69, 9.17) is 19.3 Å². The van der Waals surface area contributed by atoms with E-state index in [1.165, 1.54) is 0 Å². The lowest BCUT2D eigenvalue weighted by Crippen LogP contribution is -2.37. The van der Waals surface area contributed by atoms with E-state index >= 15 is 0 Å². The molecule has 164 valence electrons. The molecule has 0 aliphatic carbocycles. The van der Waals surface area contributed by atoms with Gasteiger partial charge in [0.05, 0.1) is 13.2 Å². The standard InChI is InChI=1S/C22H23N5O2.CO2/c1-16-15-23-20(26-21(16)27-11-13-29-14-12-27)17-7-9-19(10-8-17)25-22(28)24-18-5-3-2-4-6-18;2-1-3/h2-10,15H,11-14H2,1H3,(H2,24,25,28);. The molecule has 0 spiro atoms. The zero-order valence-corrected chi connectivity index (χ0v) is 17.6. The average Bonchev–Trinajstić information content (AvgIpc) is 2.82. The minimum absolute atomic E-state index is 0.250. The summed E-state index contributed by atoms with van der Waals surface area (Å²) in [6.07, 6.45) is 2.10. The van der Waals surface area contributed by atoms with Crippen LogP contribution >= 0.6 is 0 Å². The zero-order valence-electron chi connectivity index (χ0n) is 17.6. The van der Waals surface area contributed by atoms with Crippen molar-refractivity contribution in [1.29, 1.82) is 0 Å². The predicted molar refractivity (Wildman–Crippen MR) is 119 cm³/mol. The van der Waals surface area contributed by atoms with E-state index in [-0.39, 0.29) is 12.2 Å². The number of para-hydroxylation sites is 1. The number of nitrogens with one attached hydrogen (secondary N) is 2. The van der Waals surface area contributed by atoms with Gasteiger partial charge in [0.15, 0.2) is 5.82 Å². The summed E-state index contributed by atoms with van der Waals surface area (Å²) in [5.41, 5.74) is 3.38. The van der Waals surface area contributed by atoms with E-state index in [0.29, 0.717) is 24.7 Å². The van der Waals surface area contributed by atoms with Gasteiger partial charge in [-0.1, -0.05) is 18.2 Å². The van der Waals surface area contributed by atoms with Crippen molar-refractivity contribution >= 4 is 29.4 Å². The molecule has 32 heavy (non-hydrogen) atoms. The molecular formula is C23H23N5O4. The number of urea groups is 1. The second-order valence-electron chi connectivity index (χ2n) is 6.91. The number of hydrogen-bond acceptors (Lipinski definition) is 7. The lowest BCUT2D eigenvalue weighted by atomic mass is 10.2. The van der Waals surface area contributed by atoms with E-state index in [2.05, 4.69) is 20.5 Å². The van der Waals surface area contributed by atoms with Crippen LogP contribution < -0.4 is 15.5 Å². The fourth-order valence-corrected chi connectivity index (χ4v) is 3.18. The monoisotopic (exact) mass is 433 g/mol. The smallest absolute Gasteiger partial charge is 0.373 e. The van der Waals surface area contributed by atoms with E-state index < -0.39 is 0 Å². The van der Waals surface area contributed by atoms with E-state index in [9.17, 15) is 4.79 Å². The highest BCUT2D eigenvalue weighted by Gasteiger charge is 2.16. The topological polar surface area (TPSA) is 114 Å². The predicted octanol–water partition coefficient (Wildman–Crippen LogP) is 3.35. The van der Waals surface area contributed by atoms with Crippen LogP contribution in [0.3, 0.4) is 0 Å². The number of anilines is 3. The van der Waals surface area contributed by atoms with E-state index in [1.54, 1.807) is 0 Å². The SMILES string of the molecule is Cc1cnc(-c2ccc(NC(=O)Nc3ccccc3)cc2)nc1N1CCOCC1.O=C=O. The molecular weight excluding hydrogens is 410 g/mol. The second kappa shape index (κ2) is 11.4. The molecule has 0 bridgehead atoms. The Morgan fingerprint density at radius 2 is 1.56 bits per heavy atom. The quantitative estimate of drug-likeness (QED) is 0.649. The Kier molecular flexibility index (Phi) is 8.02.